The molecule has 0 atom stereocenters. The lowest BCUT2D eigenvalue weighted by Gasteiger charge is -2.05. The molecule has 0 saturated heterocycles. The van der Waals surface area contributed by atoms with Crippen molar-refractivity contribution < 1.29 is 19.4 Å². The van der Waals surface area contributed by atoms with Crippen LogP contribution >= 0.6 is 11.3 Å². The van der Waals surface area contributed by atoms with E-state index < -0.39 is 12.1 Å². The SMILES string of the molecule is C=CCOC(=O)Nc1scc(C2CC2)c1C(=O)O. The summed E-state index contributed by atoms with van der Waals surface area (Å²) in [6.07, 6.45) is 2.80. The highest BCUT2D eigenvalue weighted by molar-refractivity contribution is 7.15. The molecule has 18 heavy (non-hydrogen) atoms. The third-order valence-electron chi connectivity index (χ3n) is 2.60. The number of carbonyl (C=O) groups is 2. The van der Waals surface area contributed by atoms with Gasteiger partial charge < -0.3 is 9.84 Å². The minimum atomic E-state index is -1.02. The lowest BCUT2D eigenvalue weighted by atomic mass is 10.1. The molecule has 1 aromatic heterocycles. The Morgan fingerprint density at radius 3 is 2.89 bits per heavy atom. The standard InChI is InChI=1S/C12H13NO4S/c1-2-5-17-12(16)13-10-9(11(14)15)8(6-18-10)7-3-4-7/h2,6-7H,1,3-5H2,(H,13,16)(H,14,15). The Bertz CT molecular complexity index is 490. The third-order valence-corrected chi connectivity index (χ3v) is 3.51. The van der Waals surface area contributed by atoms with Gasteiger partial charge in [0.1, 0.15) is 11.6 Å². The Hall–Kier alpha value is -1.82. The van der Waals surface area contributed by atoms with Crippen LogP contribution in [0.25, 0.3) is 0 Å². The number of carboxylic acids is 1. The topological polar surface area (TPSA) is 75.6 Å². The minimum Gasteiger partial charge on any atom is -0.478 e. The molecule has 2 rings (SSSR count). The maximum atomic E-state index is 11.4. The van der Waals surface area contributed by atoms with Crippen LogP contribution in [0.1, 0.15) is 34.7 Å². The first kappa shape index (κ1) is 12.6. The van der Waals surface area contributed by atoms with E-state index in [2.05, 4.69) is 11.9 Å². The van der Waals surface area contributed by atoms with Crippen LogP contribution in [-0.4, -0.2) is 23.8 Å². The van der Waals surface area contributed by atoms with Gasteiger partial charge >= 0.3 is 12.1 Å². The molecule has 5 nitrogen and oxygen atoms in total. The van der Waals surface area contributed by atoms with Crippen molar-refractivity contribution >= 4 is 28.4 Å². The number of ether oxygens (including phenoxy) is 1. The van der Waals surface area contributed by atoms with Crippen LogP contribution in [0.5, 0.6) is 0 Å². The number of rotatable bonds is 5. The van der Waals surface area contributed by atoms with Crippen LogP contribution in [0.4, 0.5) is 9.80 Å². The molecule has 0 aliphatic heterocycles. The molecule has 0 unspecified atom stereocenters. The summed E-state index contributed by atoms with van der Waals surface area (Å²) in [5, 5.41) is 13.8. The second-order valence-electron chi connectivity index (χ2n) is 3.99. The van der Waals surface area contributed by atoms with E-state index in [9.17, 15) is 14.7 Å². The number of nitrogens with one attached hydrogen (secondary N) is 1. The van der Waals surface area contributed by atoms with Crippen molar-refractivity contribution in [2.75, 3.05) is 11.9 Å². The summed E-state index contributed by atoms with van der Waals surface area (Å²) < 4.78 is 4.76. The molecule has 0 radical (unpaired) electrons. The number of hydrogen-bond donors (Lipinski definition) is 2. The fourth-order valence-corrected chi connectivity index (χ4v) is 2.66. The van der Waals surface area contributed by atoms with E-state index in [-0.39, 0.29) is 12.2 Å². The number of aromatic carboxylic acids is 1. The maximum Gasteiger partial charge on any atom is 0.412 e. The van der Waals surface area contributed by atoms with Gasteiger partial charge in [-0.1, -0.05) is 12.7 Å². The van der Waals surface area contributed by atoms with E-state index in [1.807, 2.05) is 0 Å². The van der Waals surface area contributed by atoms with E-state index >= 15 is 0 Å². The Labute approximate surface area is 108 Å². The van der Waals surface area contributed by atoms with Crippen LogP contribution in [0, 0.1) is 0 Å². The molecule has 1 fully saturated rings. The number of anilines is 1. The molecule has 1 aliphatic carbocycles. The van der Waals surface area contributed by atoms with Crippen molar-refractivity contribution in [3.8, 4) is 0 Å². The van der Waals surface area contributed by atoms with Crippen molar-refractivity contribution in [1.82, 2.24) is 0 Å². The summed E-state index contributed by atoms with van der Waals surface area (Å²) in [7, 11) is 0. The summed E-state index contributed by atoms with van der Waals surface area (Å²) in [5.74, 6) is -0.690. The predicted octanol–water partition coefficient (Wildman–Crippen LogP) is 3.06. The van der Waals surface area contributed by atoms with Crippen molar-refractivity contribution in [3.63, 3.8) is 0 Å². The largest absolute Gasteiger partial charge is 0.478 e. The summed E-state index contributed by atoms with van der Waals surface area (Å²) in [4.78, 5) is 22.6. The molecule has 96 valence electrons. The highest BCUT2D eigenvalue weighted by Gasteiger charge is 2.31. The highest BCUT2D eigenvalue weighted by atomic mass is 32.1. The van der Waals surface area contributed by atoms with Crippen molar-refractivity contribution in [3.05, 3.63) is 29.2 Å². The van der Waals surface area contributed by atoms with Gasteiger partial charge in [-0.3, -0.25) is 5.32 Å². The first-order valence-corrected chi connectivity index (χ1v) is 6.40. The van der Waals surface area contributed by atoms with Gasteiger partial charge in [-0.25, -0.2) is 9.59 Å². The first-order chi connectivity index (χ1) is 8.63. The van der Waals surface area contributed by atoms with E-state index in [1.165, 1.54) is 17.4 Å². The van der Waals surface area contributed by atoms with Gasteiger partial charge in [-0.15, -0.1) is 11.3 Å². The molecule has 1 amide bonds. The van der Waals surface area contributed by atoms with Crippen molar-refractivity contribution in [2.45, 2.75) is 18.8 Å². The fourth-order valence-electron chi connectivity index (χ4n) is 1.64. The Morgan fingerprint density at radius 2 is 2.33 bits per heavy atom. The predicted molar refractivity (Wildman–Crippen MR) is 68.4 cm³/mol. The van der Waals surface area contributed by atoms with Crippen LogP contribution in [-0.2, 0) is 4.74 Å². The van der Waals surface area contributed by atoms with E-state index in [0.717, 1.165) is 18.4 Å². The number of amides is 1. The smallest absolute Gasteiger partial charge is 0.412 e. The van der Waals surface area contributed by atoms with Crippen LogP contribution in [0.3, 0.4) is 0 Å². The fraction of sp³-hybridized carbons (Fsp3) is 0.333. The highest BCUT2D eigenvalue weighted by Crippen LogP contribution is 2.45. The quantitative estimate of drug-likeness (QED) is 0.804. The van der Waals surface area contributed by atoms with Crippen LogP contribution in [0.2, 0.25) is 0 Å². The number of carboxylic acid groups (broad SMARTS) is 1. The molecule has 0 bridgehead atoms. The molecular formula is C12H13NO4S. The lowest BCUT2D eigenvalue weighted by molar-refractivity contribution is 0.0697. The van der Waals surface area contributed by atoms with Gasteiger partial charge in [0, 0.05) is 0 Å². The van der Waals surface area contributed by atoms with E-state index in [4.69, 9.17) is 4.74 Å². The zero-order valence-corrected chi connectivity index (χ0v) is 10.5. The number of thiophene rings is 1. The van der Waals surface area contributed by atoms with Gasteiger partial charge in [0.2, 0.25) is 0 Å². The van der Waals surface area contributed by atoms with Gasteiger partial charge in [0.15, 0.2) is 0 Å². The van der Waals surface area contributed by atoms with E-state index in [0.29, 0.717) is 10.9 Å². The zero-order chi connectivity index (χ0) is 13.1. The van der Waals surface area contributed by atoms with Crippen LogP contribution in [0.15, 0.2) is 18.0 Å². The van der Waals surface area contributed by atoms with Crippen molar-refractivity contribution in [1.29, 1.82) is 0 Å². The van der Waals surface area contributed by atoms with Gasteiger partial charge in [0.25, 0.3) is 0 Å². The van der Waals surface area contributed by atoms with E-state index in [1.54, 1.807) is 5.38 Å². The molecule has 0 aromatic carbocycles. The average molecular weight is 267 g/mol. The number of hydrogen-bond acceptors (Lipinski definition) is 4. The Morgan fingerprint density at radius 1 is 1.61 bits per heavy atom. The first-order valence-electron chi connectivity index (χ1n) is 5.52. The summed E-state index contributed by atoms with van der Waals surface area (Å²) in [6.45, 7) is 3.52. The second kappa shape index (κ2) is 5.22. The monoisotopic (exact) mass is 267 g/mol. The lowest BCUT2D eigenvalue weighted by Crippen LogP contribution is -2.15. The number of carbonyl (C=O) groups excluding carboxylic acids is 1. The zero-order valence-electron chi connectivity index (χ0n) is 9.64. The van der Waals surface area contributed by atoms with Crippen LogP contribution < -0.4 is 5.32 Å². The summed E-state index contributed by atoms with van der Waals surface area (Å²) in [6, 6.07) is 0. The molecule has 2 N–H and O–H groups in total. The van der Waals surface area contributed by atoms with Gasteiger partial charge in [-0.05, 0) is 29.7 Å². The summed E-state index contributed by atoms with van der Waals surface area (Å²) >= 11 is 1.22. The molecule has 6 heteroatoms. The second-order valence-corrected chi connectivity index (χ2v) is 4.87. The normalized spacial score (nSPS) is 14.0. The van der Waals surface area contributed by atoms with Crippen molar-refractivity contribution in [2.24, 2.45) is 0 Å². The molecule has 1 heterocycles. The average Bonchev–Trinajstić information content (AvgIpc) is 3.08. The van der Waals surface area contributed by atoms with Gasteiger partial charge in [0.05, 0.1) is 5.56 Å². The maximum absolute atomic E-state index is 11.4. The summed E-state index contributed by atoms with van der Waals surface area (Å²) in [5.41, 5.74) is 1.00. The minimum absolute atomic E-state index is 0.0924. The molecular weight excluding hydrogens is 254 g/mol. The Balaban J connectivity index is 2.14. The van der Waals surface area contributed by atoms with Gasteiger partial charge in [-0.2, -0.15) is 0 Å². The molecule has 1 aliphatic rings. The molecule has 0 spiro atoms. The third kappa shape index (κ3) is 2.70. The molecule has 1 aromatic rings. The molecule has 1 saturated carbocycles. The Kier molecular flexibility index (Phi) is 3.66.